The number of esters is 1. The maximum atomic E-state index is 11.5. The number of hydrogen-bond donors (Lipinski definition) is 1. The van der Waals surface area contributed by atoms with Gasteiger partial charge in [0, 0.05) is 11.6 Å². The van der Waals surface area contributed by atoms with Crippen LogP contribution in [0.4, 0.5) is 0 Å². The summed E-state index contributed by atoms with van der Waals surface area (Å²) >= 11 is 0. The summed E-state index contributed by atoms with van der Waals surface area (Å²) in [7, 11) is 1.32. The van der Waals surface area contributed by atoms with E-state index >= 15 is 0 Å². The van der Waals surface area contributed by atoms with E-state index in [2.05, 4.69) is 4.74 Å². The normalized spacial score (nSPS) is 10.7. The lowest BCUT2D eigenvalue weighted by molar-refractivity contribution is -0.131. The lowest BCUT2D eigenvalue weighted by Crippen LogP contribution is -2.00. The molecule has 0 aliphatic carbocycles. The van der Waals surface area contributed by atoms with Crippen molar-refractivity contribution >= 4 is 18.0 Å². The summed E-state index contributed by atoms with van der Waals surface area (Å²) in [6, 6.07) is 10.2. The molecule has 0 bridgehead atoms. The van der Waals surface area contributed by atoms with Crippen molar-refractivity contribution in [3.05, 3.63) is 53.8 Å². The Morgan fingerprint density at radius 1 is 1.25 bits per heavy atom. The molecular weight excluding hydrogens is 260 g/mol. The lowest BCUT2D eigenvalue weighted by atomic mass is 10.1. The van der Waals surface area contributed by atoms with Crippen molar-refractivity contribution in [3.8, 4) is 11.3 Å². The third-order valence-electron chi connectivity index (χ3n) is 2.59. The Morgan fingerprint density at radius 2 is 2.05 bits per heavy atom. The van der Waals surface area contributed by atoms with Gasteiger partial charge in [-0.2, -0.15) is 0 Å². The van der Waals surface area contributed by atoms with Crippen molar-refractivity contribution in [2.45, 2.75) is 0 Å². The first-order chi connectivity index (χ1) is 9.60. The number of aliphatic carboxylic acids is 1. The number of carboxylic acids is 1. The first kappa shape index (κ1) is 13.6. The van der Waals surface area contributed by atoms with Crippen LogP contribution >= 0.6 is 0 Å². The Morgan fingerprint density at radius 3 is 2.75 bits per heavy atom. The summed E-state index contributed by atoms with van der Waals surface area (Å²) in [5.41, 5.74) is 1.13. The van der Waals surface area contributed by atoms with Crippen LogP contribution in [0.1, 0.15) is 16.1 Å². The Kier molecular flexibility index (Phi) is 4.00. The van der Waals surface area contributed by atoms with E-state index in [4.69, 9.17) is 9.52 Å². The number of hydrogen-bond acceptors (Lipinski definition) is 4. The zero-order chi connectivity index (χ0) is 14.5. The van der Waals surface area contributed by atoms with Gasteiger partial charge >= 0.3 is 11.9 Å². The molecule has 5 heteroatoms. The zero-order valence-electron chi connectivity index (χ0n) is 10.7. The third-order valence-corrected chi connectivity index (χ3v) is 2.59. The molecule has 0 fully saturated rings. The fourth-order valence-electron chi connectivity index (χ4n) is 1.67. The van der Waals surface area contributed by atoms with Gasteiger partial charge in [-0.15, -0.1) is 0 Å². The van der Waals surface area contributed by atoms with E-state index in [0.717, 1.165) is 6.08 Å². The maximum absolute atomic E-state index is 11.5. The molecule has 1 N–H and O–H groups in total. The second kappa shape index (κ2) is 5.88. The van der Waals surface area contributed by atoms with Gasteiger partial charge in [-0.3, -0.25) is 0 Å². The van der Waals surface area contributed by atoms with Crippen molar-refractivity contribution in [3.63, 3.8) is 0 Å². The van der Waals surface area contributed by atoms with Gasteiger partial charge in [0.05, 0.1) is 12.7 Å². The smallest absolute Gasteiger partial charge is 0.337 e. The molecule has 102 valence electrons. The van der Waals surface area contributed by atoms with Gasteiger partial charge in [0.25, 0.3) is 0 Å². The molecule has 1 aromatic carbocycles. The molecule has 1 aromatic heterocycles. The molecule has 0 radical (unpaired) electrons. The predicted octanol–water partition coefficient (Wildman–Crippen LogP) is 2.83. The molecule has 0 amide bonds. The highest BCUT2D eigenvalue weighted by Crippen LogP contribution is 2.24. The minimum atomic E-state index is -1.05. The molecule has 5 nitrogen and oxygen atoms in total. The second-order valence-corrected chi connectivity index (χ2v) is 3.95. The fourth-order valence-corrected chi connectivity index (χ4v) is 1.67. The summed E-state index contributed by atoms with van der Waals surface area (Å²) in [4.78, 5) is 21.9. The van der Waals surface area contributed by atoms with E-state index in [-0.39, 0.29) is 0 Å². The minimum absolute atomic E-state index is 0.420. The Hall–Kier alpha value is -2.82. The van der Waals surface area contributed by atoms with Crippen LogP contribution in [0.25, 0.3) is 17.4 Å². The summed E-state index contributed by atoms with van der Waals surface area (Å²) in [5.74, 6) is -0.508. The van der Waals surface area contributed by atoms with E-state index in [1.165, 1.54) is 13.2 Å². The summed E-state index contributed by atoms with van der Waals surface area (Å²) < 4.78 is 10.1. The van der Waals surface area contributed by atoms with Gasteiger partial charge in [0.1, 0.15) is 11.5 Å². The van der Waals surface area contributed by atoms with Crippen molar-refractivity contribution in [2.75, 3.05) is 7.11 Å². The molecule has 0 aliphatic rings. The van der Waals surface area contributed by atoms with Crippen LogP contribution in [0.15, 0.2) is 46.9 Å². The largest absolute Gasteiger partial charge is 0.478 e. The minimum Gasteiger partial charge on any atom is -0.478 e. The first-order valence-electron chi connectivity index (χ1n) is 5.80. The summed E-state index contributed by atoms with van der Waals surface area (Å²) in [6.07, 6.45) is 2.35. The van der Waals surface area contributed by atoms with Gasteiger partial charge < -0.3 is 14.3 Å². The SMILES string of the molecule is COC(=O)c1cccc(-c2ccc(/C=C/C(=O)O)o2)c1. The standard InChI is InChI=1S/C15H12O5/c1-19-15(18)11-4-2-3-10(9-11)13-7-5-12(20-13)6-8-14(16)17/h2-9H,1H3,(H,16,17)/b8-6+. The Labute approximate surface area is 115 Å². The first-order valence-corrected chi connectivity index (χ1v) is 5.80. The molecular formula is C15H12O5. The van der Waals surface area contributed by atoms with Gasteiger partial charge in [0.2, 0.25) is 0 Å². The molecule has 0 unspecified atom stereocenters. The highest BCUT2D eigenvalue weighted by atomic mass is 16.5. The van der Waals surface area contributed by atoms with E-state index < -0.39 is 11.9 Å². The predicted molar refractivity (Wildman–Crippen MR) is 72.2 cm³/mol. The number of rotatable bonds is 4. The van der Waals surface area contributed by atoms with Gasteiger partial charge in [-0.1, -0.05) is 12.1 Å². The Bertz CT molecular complexity index is 666. The number of methoxy groups -OCH3 is 1. The second-order valence-electron chi connectivity index (χ2n) is 3.95. The molecule has 2 rings (SSSR count). The lowest BCUT2D eigenvalue weighted by Gasteiger charge is -2.01. The van der Waals surface area contributed by atoms with Gasteiger partial charge in [-0.05, 0) is 30.3 Å². The summed E-state index contributed by atoms with van der Waals surface area (Å²) in [6.45, 7) is 0. The van der Waals surface area contributed by atoms with Crippen molar-refractivity contribution in [1.82, 2.24) is 0 Å². The molecule has 0 aliphatic heterocycles. The van der Waals surface area contributed by atoms with Crippen LogP contribution < -0.4 is 0 Å². The number of furan rings is 1. The zero-order valence-corrected chi connectivity index (χ0v) is 10.7. The van der Waals surface area contributed by atoms with E-state index in [9.17, 15) is 9.59 Å². The van der Waals surface area contributed by atoms with Crippen LogP contribution in [0.2, 0.25) is 0 Å². The number of ether oxygens (including phenoxy) is 1. The van der Waals surface area contributed by atoms with Crippen LogP contribution in [-0.4, -0.2) is 24.2 Å². The molecule has 2 aromatic rings. The summed E-state index contributed by atoms with van der Waals surface area (Å²) in [5, 5.41) is 8.54. The maximum Gasteiger partial charge on any atom is 0.337 e. The Balaban J connectivity index is 2.28. The molecule has 20 heavy (non-hydrogen) atoms. The van der Waals surface area contributed by atoms with Crippen molar-refractivity contribution in [1.29, 1.82) is 0 Å². The number of carboxylic acid groups (broad SMARTS) is 1. The third kappa shape index (κ3) is 3.14. The number of benzene rings is 1. The van der Waals surface area contributed by atoms with E-state index in [1.807, 2.05) is 0 Å². The fraction of sp³-hybridized carbons (Fsp3) is 0.0667. The van der Waals surface area contributed by atoms with Crippen molar-refractivity contribution < 1.29 is 23.8 Å². The highest BCUT2D eigenvalue weighted by molar-refractivity contribution is 5.90. The quantitative estimate of drug-likeness (QED) is 0.684. The van der Waals surface area contributed by atoms with Crippen LogP contribution in [0.5, 0.6) is 0 Å². The van der Waals surface area contributed by atoms with Crippen LogP contribution in [-0.2, 0) is 9.53 Å². The molecule has 0 atom stereocenters. The van der Waals surface area contributed by atoms with Crippen LogP contribution in [0, 0.1) is 0 Å². The monoisotopic (exact) mass is 272 g/mol. The van der Waals surface area contributed by atoms with E-state index in [1.54, 1.807) is 36.4 Å². The van der Waals surface area contributed by atoms with Crippen LogP contribution in [0.3, 0.4) is 0 Å². The average molecular weight is 272 g/mol. The van der Waals surface area contributed by atoms with Gasteiger partial charge in [0.15, 0.2) is 0 Å². The molecule has 0 saturated heterocycles. The molecule has 0 saturated carbocycles. The van der Waals surface area contributed by atoms with Crippen molar-refractivity contribution in [2.24, 2.45) is 0 Å². The topological polar surface area (TPSA) is 76.7 Å². The average Bonchev–Trinajstić information content (AvgIpc) is 2.93. The molecule has 0 spiro atoms. The molecule has 1 heterocycles. The van der Waals surface area contributed by atoms with Gasteiger partial charge in [-0.25, -0.2) is 9.59 Å². The number of carbonyl (C=O) groups excluding carboxylic acids is 1. The number of carbonyl (C=O) groups is 2. The van der Waals surface area contributed by atoms with E-state index in [0.29, 0.717) is 22.6 Å². The highest BCUT2D eigenvalue weighted by Gasteiger charge is 2.09.